The molecule has 0 saturated carbocycles. The Hall–Kier alpha value is -0.960. The standard InChI is InChI=1S/C15H12Cl2OS/c1-19-9-10-2-4-11(5-3-10)15(18)12-6-7-13(16)14(17)8-12/h2-8H,9H2,1H3. The summed E-state index contributed by atoms with van der Waals surface area (Å²) in [5.41, 5.74) is 2.41. The Kier molecular flexibility index (Phi) is 4.92. The third kappa shape index (κ3) is 3.53. The van der Waals surface area contributed by atoms with Gasteiger partial charge in [0.15, 0.2) is 5.78 Å². The molecule has 0 radical (unpaired) electrons. The van der Waals surface area contributed by atoms with E-state index in [0.717, 1.165) is 5.75 Å². The first kappa shape index (κ1) is 14.4. The predicted molar refractivity (Wildman–Crippen MR) is 83.6 cm³/mol. The molecule has 0 aliphatic carbocycles. The van der Waals surface area contributed by atoms with Crippen LogP contribution in [0.1, 0.15) is 21.5 Å². The Morgan fingerprint density at radius 2 is 1.63 bits per heavy atom. The zero-order valence-electron chi connectivity index (χ0n) is 10.3. The van der Waals surface area contributed by atoms with Gasteiger partial charge < -0.3 is 0 Å². The molecule has 0 bridgehead atoms. The van der Waals surface area contributed by atoms with Crippen molar-refractivity contribution in [2.75, 3.05) is 6.26 Å². The molecule has 4 heteroatoms. The average molecular weight is 311 g/mol. The lowest BCUT2D eigenvalue weighted by atomic mass is 10.0. The van der Waals surface area contributed by atoms with Gasteiger partial charge in [0.05, 0.1) is 10.0 Å². The number of thioether (sulfide) groups is 1. The van der Waals surface area contributed by atoms with E-state index in [1.54, 1.807) is 30.0 Å². The fourth-order valence-corrected chi connectivity index (χ4v) is 2.55. The summed E-state index contributed by atoms with van der Waals surface area (Å²) >= 11 is 13.5. The molecule has 0 aliphatic rings. The molecule has 0 saturated heterocycles. The van der Waals surface area contributed by atoms with Gasteiger partial charge in [-0.1, -0.05) is 47.5 Å². The molecule has 0 spiro atoms. The van der Waals surface area contributed by atoms with Crippen LogP contribution in [-0.2, 0) is 5.75 Å². The molecule has 0 N–H and O–H groups in total. The van der Waals surface area contributed by atoms with E-state index in [4.69, 9.17) is 23.2 Å². The first-order valence-corrected chi connectivity index (χ1v) is 7.84. The van der Waals surface area contributed by atoms with Gasteiger partial charge in [0.2, 0.25) is 0 Å². The number of hydrogen-bond donors (Lipinski definition) is 0. The molecule has 0 amide bonds. The van der Waals surface area contributed by atoms with Crippen LogP contribution < -0.4 is 0 Å². The van der Waals surface area contributed by atoms with Crippen LogP contribution in [0.3, 0.4) is 0 Å². The topological polar surface area (TPSA) is 17.1 Å². The lowest BCUT2D eigenvalue weighted by Gasteiger charge is -2.04. The highest BCUT2D eigenvalue weighted by Gasteiger charge is 2.10. The summed E-state index contributed by atoms with van der Waals surface area (Å²) in [6.07, 6.45) is 2.05. The number of ketones is 1. The van der Waals surface area contributed by atoms with E-state index in [0.29, 0.717) is 21.2 Å². The first-order valence-electron chi connectivity index (χ1n) is 5.69. The predicted octanol–water partition coefficient (Wildman–Crippen LogP) is 5.09. The number of carbonyl (C=O) groups excluding carboxylic acids is 1. The molecule has 0 atom stereocenters. The molecule has 2 rings (SSSR count). The molecular weight excluding hydrogens is 299 g/mol. The largest absolute Gasteiger partial charge is 0.289 e. The van der Waals surface area contributed by atoms with Gasteiger partial charge in [0.25, 0.3) is 0 Å². The summed E-state index contributed by atoms with van der Waals surface area (Å²) in [6, 6.07) is 12.6. The van der Waals surface area contributed by atoms with Crippen LogP contribution in [0.5, 0.6) is 0 Å². The highest BCUT2D eigenvalue weighted by Crippen LogP contribution is 2.24. The van der Waals surface area contributed by atoms with Crippen LogP contribution in [0, 0.1) is 0 Å². The Balaban J connectivity index is 2.25. The van der Waals surface area contributed by atoms with Crippen LogP contribution in [0.25, 0.3) is 0 Å². The van der Waals surface area contributed by atoms with Crippen molar-refractivity contribution in [1.29, 1.82) is 0 Å². The normalized spacial score (nSPS) is 10.5. The molecule has 2 aromatic carbocycles. The van der Waals surface area contributed by atoms with Crippen LogP contribution in [0.4, 0.5) is 0 Å². The van der Waals surface area contributed by atoms with Crippen molar-refractivity contribution in [1.82, 2.24) is 0 Å². The number of benzene rings is 2. The van der Waals surface area contributed by atoms with E-state index in [1.807, 2.05) is 24.3 Å². The van der Waals surface area contributed by atoms with Crippen LogP contribution in [0.15, 0.2) is 42.5 Å². The third-order valence-corrected chi connectivity index (χ3v) is 4.07. The highest BCUT2D eigenvalue weighted by molar-refractivity contribution is 7.97. The van der Waals surface area contributed by atoms with E-state index < -0.39 is 0 Å². The van der Waals surface area contributed by atoms with Gasteiger partial charge in [-0.3, -0.25) is 4.79 Å². The maximum absolute atomic E-state index is 12.3. The number of carbonyl (C=O) groups is 1. The zero-order chi connectivity index (χ0) is 13.8. The van der Waals surface area contributed by atoms with Gasteiger partial charge in [-0.25, -0.2) is 0 Å². The summed E-state index contributed by atoms with van der Waals surface area (Å²) in [4.78, 5) is 12.3. The van der Waals surface area contributed by atoms with Crippen molar-refractivity contribution in [2.24, 2.45) is 0 Å². The molecule has 1 nitrogen and oxygen atoms in total. The van der Waals surface area contributed by atoms with Crippen molar-refractivity contribution in [3.05, 3.63) is 69.2 Å². The minimum absolute atomic E-state index is 0.0470. The highest BCUT2D eigenvalue weighted by atomic mass is 35.5. The van der Waals surface area contributed by atoms with Crippen molar-refractivity contribution in [3.63, 3.8) is 0 Å². The Morgan fingerprint density at radius 1 is 1.00 bits per heavy atom. The second-order valence-electron chi connectivity index (χ2n) is 4.09. The molecular formula is C15H12Cl2OS. The number of halogens is 2. The second kappa shape index (κ2) is 6.47. The van der Waals surface area contributed by atoms with Crippen molar-refractivity contribution in [3.8, 4) is 0 Å². The molecule has 98 valence electrons. The summed E-state index contributed by atoms with van der Waals surface area (Å²) in [7, 11) is 0. The second-order valence-corrected chi connectivity index (χ2v) is 5.77. The van der Waals surface area contributed by atoms with Crippen LogP contribution in [0.2, 0.25) is 10.0 Å². The lowest BCUT2D eigenvalue weighted by molar-refractivity contribution is 0.103. The SMILES string of the molecule is CSCc1ccc(C(=O)c2ccc(Cl)c(Cl)c2)cc1. The molecule has 0 aliphatic heterocycles. The van der Waals surface area contributed by atoms with E-state index in [-0.39, 0.29) is 5.78 Å². The van der Waals surface area contributed by atoms with E-state index in [2.05, 4.69) is 6.26 Å². The minimum atomic E-state index is -0.0470. The quantitative estimate of drug-likeness (QED) is 0.732. The number of hydrogen-bond acceptors (Lipinski definition) is 2. The molecule has 0 unspecified atom stereocenters. The lowest BCUT2D eigenvalue weighted by Crippen LogP contribution is -2.01. The molecule has 0 aromatic heterocycles. The van der Waals surface area contributed by atoms with E-state index in [9.17, 15) is 4.79 Å². The summed E-state index contributed by atoms with van der Waals surface area (Å²) in [5, 5.41) is 0.847. The van der Waals surface area contributed by atoms with Crippen LogP contribution in [-0.4, -0.2) is 12.0 Å². The van der Waals surface area contributed by atoms with Gasteiger partial charge in [-0.05, 0) is 30.0 Å². The smallest absolute Gasteiger partial charge is 0.193 e. The van der Waals surface area contributed by atoms with Gasteiger partial charge in [0, 0.05) is 16.9 Å². The minimum Gasteiger partial charge on any atom is -0.289 e. The average Bonchev–Trinajstić information content (AvgIpc) is 2.42. The first-order chi connectivity index (χ1) is 9.11. The van der Waals surface area contributed by atoms with E-state index in [1.165, 1.54) is 5.56 Å². The molecule has 0 fully saturated rings. The fourth-order valence-electron chi connectivity index (χ4n) is 1.72. The van der Waals surface area contributed by atoms with Gasteiger partial charge in [-0.15, -0.1) is 0 Å². The Morgan fingerprint density at radius 3 is 2.21 bits per heavy atom. The van der Waals surface area contributed by atoms with Gasteiger partial charge in [0.1, 0.15) is 0 Å². The fraction of sp³-hybridized carbons (Fsp3) is 0.133. The maximum atomic E-state index is 12.3. The maximum Gasteiger partial charge on any atom is 0.193 e. The van der Waals surface area contributed by atoms with Crippen molar-refractivity contribution in [2.45, 2.75) is 5.75 Å². The molecule has 19 heavy (non-hydrogen) atoms. The van der Waals surface area contributed by atoms with Gasteiger partial charge >= 0.3 is 0 Å². The van der Waals surface area contributed by atoms with Crippen molar-refractivity contribution >= 4 is 40.7 Å². The van der Waals surface area contributed by atoms with Crippen LogP contribution >= 0.6 is 35.0 Å². The summed E-state index contributed by atoms with van der Waals surface area (Å²) in [6.45, 7) is 0. The third-order valence-electron chi connectivity index (χ3n) is 2.71. The van der Waals surface area contributed by atoms with Crippen molar-refractivity contribution < 1.29 is 4.79 Å². The number of rotatable bonds is 4. The molecule has 2 aromatic rings. The Labute approximate surface area is 126 Å². The Bertz CT molecular complexity index is 594. The summed E-state index contributed by atoms with van der Waals surface area (Å²) in [5.74, 6) is 0.899. The van der Waals surface area contributed by atoms with Gasteiger partial charge in [-0.2, -0.15) is 11.8 Å². The monoisotopic (exact) mass is 310 g/mol. The summed E-state index contributed by atoms with van der Waals surface area (Å²) < 4.78 is 0. The van der Waals surface area contributed by atoms with E-state index >= 15 is 0 Å². The molecule has 0 heterocycles. The zero-order valence-corrected chi connectivity index (χ0v) is 12.6.